The zero-order valence-electron chi connectivity index (χ0n) is 10.9. The molecule has 2 heterocycles. The molecule has 0 radical (unpaired) electrons. The smallest absolute Gasteiger partial charge is 0.267 e. The molecular weight excluding hydrogens is 278 g/mol. The normalized spacial score (nSPS) is 22.0. The van der Waals surface area contributed by atoms with Crippen LogP contribution in [0.4, 0.5) is 0 Å². The lowest BCUT2D eigenvalue weighted by Gasteiger charge is -2.11. The third kappa shape index (κ3) is 2.92. The Hall–Kier alpha value is -1.63. The number of carbonyl (C=O) groups excluding carboxylic acids is 2. The number of aromatic nitrogens is 2. The fourth-order valence-electron chi connectivity index (χ4n) is 2.18. The first-order valence-electron chi connectivity index (χ1n) is 6.67. The highest BCUT2D eigenvalue weighted by Crippen LogP contribution is 2.38. The van der Waals surface area contributed by atoms with Gasteiger partial charge in [-0.25, -0.2) is 4.68 Å². The van der Waals surface area contributed by atoms with Crippen LogP contribution in [-0.2, 0) is 16.1 Å². The molecule has 0 bridgehead atoms. The van der Waals surface area contributed by atoms with Crippen molar-refractivity contribution in [3.8, 4) is 0 Å². The molecule has 1 atom stereocenters. The van der Waals surface area contributed by atoms with Gasteiger partial charge in [-0.3, -0.25) is 14.4 Å². The van der Waals surface area contributed by atoms with Crippen LogP contribution in [0.1, 0.15) is 30.9 Å². The molecule has 1 amide bonds. The standard InChI is InChI=1S/C13H15N3O3S/c17-11(14-10-5-6-20-13(10)19)7-16-12(18)4-3-9(15-16)8-1-2-8/h3-4,8,10H,1-2,5-7H2,(H,14,17)/t10-/m1/s1. The zero-order valence-corrected chi connectivity index (χ0v) is 11.7. The fraction of sp³-hybridized carbons (Fsp3) is 0.538. The molecule has 0 aromatic carbocycles. The Balaban J connectivity index is 1.67. The van der Waals surface area contributed by atoms with Crippen LogP contribution in [0.2, 0.25) is 0 Å². The molecule has 1 aliphatic heterocycles. The first kappa shape index (κ1) is 13.4. The second kappa shape index (κ2) is 5.40. The molecule has 7 heteroatoms. The maximum Gasteiger partial charge on any atom is 0.267 e. The predicted octanol–water partition coefficient (Wildman–Crippen LogP) is 0.269. The molecule has 1 saturated heterocycles. The van der Waals surface area contributed by atoms with Crippen LogP contribution < -0.4 is 10.9 Å². The summed E-state index contributed by atoms with van der Waals surface area (Å²) in [7, 11) is 0. The van der Waals surface area contributed by atoms with Crippen LogP contribution in [0.15, 0.2) is 16.9 Å². The molecule has 0 unspecified atom stereocenters. The molecular formula is C13H15N3O3S. The van der Waals surface area contributed by atoms with E-state index in [1.807, 2.05) is 0 Å². The van der Waals surface area contributed by atoms with E-state index in [1.165, 1.54) is 22.5 Å². The molecule has 1 aliphatic carbocycles. The maximum absolute atomic E-state index is 11.9. The van der Waals surface area contributed by atoms with Gasteiger partial charge >= 0.3 is 0 Å². The summed E-state index contributed by atoms with van der Waals surface area (Å²) >= 11 is 1.23. The van der Waals surface area contributed by atoms with Gasteiger partial charge in [0.05, 0.1) is 11.7 Å². The van der Waals surface area contributed by atoms with Gasteiger partial charge in [0.15, 0.2) is 0 Å². The third-order valence-electron chi connectivity index (χ3n) is 3.45. The van der Waals surface area contributed by atoms with Gasteiger partial charge < -0.3 is 5.32 Å². The number of nitrogens with zero attached hydrogens (tertiary/aromatic N) is 2. The summed E-state index contributed by atoms with van der Waals surface area (Å²) in [6.45, 7) is -0.131. The molecule has 2 fully saturated rings. The fourth-order valence-corrected chi connectivity index (χ4v) is 3.11. The van der Waals surface area contributed by atoms with Crippen molar-refractivity contribution in [2.24, 2.45) is 0 Å². The first-order chi connectivity index (χ1) is 9.63. The molecule has 106 valence electrons. The predicted molar refractivity (Wildman–Crippen MR) is 74.5 cm³/mol. The van der Waals surface area contributed by atoms with E-state index < -0.39 is 6.04 Å². The number of hydrogen-bond acceptors (Lipinski definition) is 5. The average molecular weight is 293 g/mol. The molecule has 1 aromatic heterocycles. The van der Waals surface area contributed by atoms with Crippen LogP contribution in [0.5, 0.6) is 0 Å². The lowest BCUT2D eigenvalue weighted by atomic mass is 10.2. The molecule has 2 aliphatic rings. The van der Waals surface area contributed by atoms with Gasteiger partial charge in [0, 0.05) is 17.7 Å². The summed E-state index contributed by atoms with van der Waals surface area (Å²) in [6.07, 6.45) is 2.83. The summed E-state index contributed by atoms with van der Waals surface area (Å²) in [5.74, 6) is 0.824. The zero-order chi connectivity index (χ0) is 14.1. The second-order valence-electron chi connectivity index (χ2n) is 5.10. The van der Waals surface area contributed by atoms with E-state index in [0.717, 1.165) is 24.3 Å². The maximum atomic E-state index is 11.9. The summed E-state index contributed by atoms with van der Waals surface area (Å²) in [6, 6.07) is 2.76. The Morgan fingerprint density at radius 1 is 1.35 bits per heavy atom. The van der Waals surface area contributed by atoms with E-state index in [-0.39, 0.29) is 23.1 Å². The first-order valence-corrected chi connectivity index (χ1v) is 7.66. The largest absolute Gasteiger partial charge is 0.344 e. The summed E-state index contributed by atoms with van der Waals surface area (Å²) in [5, 5.41) is 6.87. The highest BCUT2D eigenvalue weighted by atomic mass is 32.2. The molecule has 0 spiro atoms. The van der Waals surface area contributed by atoms with Gasteiger partial charge in [0.25, 0.3) is 5.56 Å². The molecule has 20 heavy (non-hydrogen) atoms. The van der Waals surface area contributed by atoms with Crippen LogP contribution in [0.25, 0.3) is 0 Å². The van der Waals surface area contributed by atoms with Crippen molar-refractivity contribution in [1.82, 2.24) is 15.1 Å². The molecule has 1 aromatic rings. The number of hydrogen-bond donors (Lipinski definition) is 1. The van der Waals surface area contributed by atoms with Gasteiger partial charge in [-0.05, 0) is 25.3 Å². The van der Waals surface area contributed by atoms with Crippen molar-refractivity contribution in [3.05, 3.63) is 28.2 Å². The number of nitrogens with one attached hydrogen (secondary N) is 1. The van der Waals surface area contributed by atoms with E-state index in [4.69, 9.17) is 0 Å². The monoisotopic (exact) mass is 293 g/mol. The Bertz CT molecular complexity index is 609. The van der Waals surface area contributed by atoms with Crippen molar-refractivity contribution < 1.29 is 9.59 Å². The van der Waals surface area contributed by atoms with E-state index in [1.54, 1.807) is 6.07 Å². The number of rotatable bonds is 4. The van der Waals surface area contributed by atoms with Gasteiger partial charge in [-0.1, -0.05) is 11.8 Å². The topological polar surface area (TPSA) is 81.1 Å². The Morgan fingerprint density at radius 2 is 2.15 bits per heavy atom. The van der Waals surface area contributed by atoms with Crippen molar-refractivity contribution in [2.45, 2.75) is 37.8 Å². The summed E-state index contributed by atoms with van der Waals surface area (Å²) in [4.78, 5) is 35.0. The lowest BCUT2D eigenvalue weighted by Crippen LogP contribution is -2.41. The quantitative estimate of drug-likeness (QED) is 0.862. The summed E-state index contributed by atoms with van der Waals surface area (Å²) < 4.78 is 1.18. The number of amides is 1. The number of thioether (sulfide) groups is 1. The Morgan fingerprint density at radius 3 is 2.80 bits per heavy atom. The third-order valence-corrected chi connectivity index (χ3v) is 4.46. The molecule has 1 saturated carbocycles. The van der Waals surface area contributed by atoms with E-state index in [2.05, 4.69) is 10.4 Å². The van der Waals surface area contributed by atoms with E-state index in [0.29, 0.717) is 12.3 Å². The van der Waals surface area contributed by atoms with E-state index >= 15 is 0 Å². The Labute approximate surface area is 119 Å². The minimum atomic E-state index is -0.421. The van der Waals surface area contributed by atoms with E-state index in [9.17, 15) is 14.4 Å². The minimum Gasteiger partial charge on any atom is -0.344 e. The second-order valence-corrected chi connectivity index (χ2v) is 6.20. The van der Waals surface area contributed by atoms with Crippen molar-refractivity contribution in [3.63, 3.8) is 0 Å². The molecule has 3 rings (SSSR count). The van der Waals surface area contributed by atoms with Crippen LogP contribution in [0, 0.1) is 0 Å². The molecule has 1 N–H and O–H groups in total. The van der Waals surface area contributed by atoms with Crippen molar-refractivity contribution >= 4 is 22.8 Å². The van der Waals surface area contributed by atoms with Gasteiger partial charge in [-0.15, -0.1) is 0 Å². The van der Waals surface area contributed by atoms with Gasteiger partial charge in [0.1, 0.15) is 6.54 Å². The summed E-state index contributed by atoms with van der Waals surface area (Å²) in [5.41, 5.74) is 0.571. The SMILES string of the molecule is O=C(Cn1nc(C2CC2)ccc1=O)N[C@@H]1CCSC1=O. The molecule has 6 nitrogen and oxygen atoms in total. The van der Waals surface area contributed by atoms with Crippen molar-refractivity contribution in [2.75, 3.05) is 5.75 Å². The van der Waals surface area contributed by atoms with Gasteiger partial charge in [-0.2, -0.15) is 5.10 Å². The highest BCUT2D eigenvalue weighted by molar-refractivity contribution is 8.14. The lowest BCUT2D eigenvalue weighted by molar-refractivity contribution is -0.125. The van der Waals surface area contributed by atoms with Crippen LogP contribution in [0.3, 0.4) is 0 Å². The van der Waals surface area contributed by atoms with Crippen LogP contribution in [-0.4, -0.2) is 32.6 Å². The van der Waals surface area contributed by atoms with Crippen LogP contribution >= 0.6 is 11.8 Å². The highest BCUT2D eigenvalue weighted by Gasteiger charge is 2.28. The van der Waals surface area contributed by atoms with Crippen molar-refractivity contribution in [1.29, 1.82) is 0 Å². The van der Waals surface area contributed by atoms with Gasteiger partial charge in [0.2, 0.25) is 11.0 Å². The average Bonchev–Trinajstić information content (AvgIpc) is 3.18. The number of carbonyl (C=O) groups is 2. The minimum absolute atomic E-state index is 0.00890. The Kier molecular flexibility index (Phi) is 3.60.